The van der Waals surface area contributed by atoms with Crippen LogP contribution in [0.3, 0.4) is 0 Å². The van der Waals surface area contributed by atoms with Gasteiger partial charge in [0.25, 0.3) is 0 Å². The first kappa shape index (κ1) is 11.9. The highest BCUT2D eigenvalue weighted by Gasteiger charge is 2.40. The summed E-state index contributed by atoms with van der Waals surface area (Å²) in [6.45, 7) is 2.60. The molecule has 0 radical (unpaired) electrons. The zero-order valence-electron chi connectivity index (χ0n) is 7.57. The molecule has 6 heteroatoms. The van der Waals surface area contributed by atoms with E-state index in [0.717, 1.165) is 0 Å². The zero-order chi connectivity index (χ0) is 10.6. The van der Waals surface area contributed by atoms with Gasteiger partial charge < -0.3 is 21.3 Å². The third-order valence-electron chi connectivity index (χ3n) is 1.68. The number of hydrogen-bond donors (Lipinski definition) is 4. The van der Waals surface area contributed by atoms with E-state index in [1.165, 1.54) is 13.8 Å². The number of carboxylic acid groups (broad SMARTS) is 1. The fourth-order valence-electron chi connectivity index (χ4n) is 0.708. The number of carbonyl (C=O) groups is 2. The lowest BCUT2D eigenvalue weighted by Gasteiger charge is -2.27. The van der Waals surface area contributed by atoms with E-state index in [4.69, 9.17) is 10.8 Å². The molecule has 5 N–H and O–H groups in total. The van der Waals surface area contributed by atoms with Gasteiger partial charge in [0, 0.05) is 5.92 Å². The third kappa shape index (κ3) is 2.67. The van der Waals surface area contributed by atoms with Gasteiger partial charge in [0.2, 0.25) is 11.6 Å². The Hall–Kier alpha value is -1.14. The Labute approximate surface area is 75.7 Å². The van der Waals surface area contributed by atoms with Crippen LogP contribution in [0, 0.1) is 5.92 Å². The van der Waals surface area contributed by atoms with E-state index in [-0.39, 0.29) is 6.54 Å². The fourth-order valence-corrected chi connectivity index (χ4v) is 0.708. The summed E-state index contributed by atoms with van der Waals surface area (Å²) in [5.74, 6) is -2.84. The van der Waals surface area contributed by atoms with Gasteiger partial charge in [-0.25, -0.2) is 4.79 Å². The van der Waals surface area contributed by atoms with E-state index in [2.05, 4.69) is 0 Å². The lowest BCUT2D eigenvalue weighted by molar-refractivity contribution is -0.171. The molecule has 0 aromatic heterocycles. The molecule has 0 saturated carbocycles. The molecule has 0 aliphatic rings. The number of rotatable bonds is 4. The van der Waals surface area contributed by atoms with Crippen molar-refractivity contribution in [2.24, 2.45) is 11.7 Å². The summed E-state index contributed by atoms with van der Waals surface area (Å²) < 4.78 is 0. The van der Waals surface area contributed by atoms with E-state index in [9.17, 15) is 14.7 Å². The third-order valence-corrected chi connectivity index (χ3v) is 1.68. The molecule has 0 aliphatic carbocycles. The average molecular weight is 190 g/mol. The summed E-state index contributed by atoms with van der Waals surface area (Å²) in [6.07, 6.45) is 0. The molecule has 0 aromatic carbocycles. The molecular formula is C7H14N2O4. The van der Waals surface area contributed by atoms with Crippen LogP contribution in [0.25, 0.3) is 0 Å². The van der Waals surface area contributed by atoms with Gasteiger partial charge in [-0.05, 0) is 0 Å². The van der Waals surface area contributed by atoms with Gasteiger partial charge in [0.05, 0.1) is 6.54 Å². The zero-order valence-corrected chi connectivity index (χ0v) is 7.57. The summed E-state index contributed by atoms with van der Waals surface area (Å²) in [6, 6.07) is 0. The SMILES string of the molecule is CC(C)[C@](O)(NC(=O)CN)C(=O)O. The van der Waals surface area contributed by atoms with Crippen LogP contribution in [-0.2, 0) is 9.59 Å². The second-order valence-electron chi connectivity index (χ2n) is 2.98. The fraction of sp³-hybridized carbons (Fsp3) is 0.714. The van der Waals surface area contributed by atoms with E-state index in [1.807, 2.05) is 5.32 Å². The molecule has 13 heavy (non-hydrogen) atoms. The summed E-state index contributed by atoms with van der Waals surface area (Å²) >= 11 is 0. The molecular weight excluding hydrogens is 176 g/mol. The standard InChI is InChI=1S/C7H14N2O4/c1-4(2)7(13,6(11)12)9-5(10)3-8/h4,13H,3,8H2,1-2H3,(H,9,10)(H,11,12)/t7-/m1/s1. The van der Waals surface area contributed by atoms with Crippen molar-refractivity contribution in [3.8, 4) is 0 Å². The van der Waals surface area contributed by atoms with Gasteiger partial charge in [0.1, 0.15) is 0 Å². The molecule has 0 bridgehead atoms. The Bertz CT molecular complexity index is 217. The lowest BCUT2D eigenvalue weighted by Crippen LogP contribution is -2.59. The molecule has 0 aromatic rings. The maximum Gasteiger partial charge on any atom is 0.357 e. The Kier molecular flexibility index (Phi) is 3.83. The predicted molar refractivity (Wildman–Crippen MR) is 44.6 cm³/mol. The number of nitrogens with two attached hydrogens (primary N) is 1. The van der Waals surface area contributed by atoms with E-state index >= 15 is 0 Å². The van der Waals surface area contributed by atoms with Gasteiger partial charge in [-0.1, -0.05) is 13.8 Å². The molecule has 1 amide bonds. The van der Waals surface area contributed by atoms with E-state index < -0.39 is 23.5 Å². The first-order valence-electron chi connectivity index (χ1n) is 3.81. The van der Waals surface area contributed by atoms with Crippen molar-refractivity contribution in [2.45, 2.75) is 19.6 Å². The van der Waals surface area contributed by atoms with Crippen molar-refractivity contribution in [1.82, 2.24) is 5.32 Å². The van der Waals surface area contributed by atoms with Crippen molar-refractivity contribution < 1.29 is 19.8 Å². The van der Waals surface area contributed by atoms with Gasteiger partial charge in [0.15, 0.2) is 0 Å². The van der Waals surface area contributed by atoms with Gasteiger partial charge >= 0.3 is 5.97 Å². The highest BCUT2D eigenvalue weighted by molar-refractivity contribution is 5.86. The summed E-state index contributed by atoms with van der Waals surface area (Å²) in [7, 11) is 0. The maximum atomic E-state index is 10.8. The smallest absolute Gasteiger partial charge is 0.357 e. The number of carbonyl (C=O) groups excluding carboxylic acids is 1. The maximum absolute atomic E-state index is 10.8. The number of nitrogens with one attached hydrogen (secondary N) is 1. The molecule has 0 heterocycles. The first-order valence-corrected chi connectivity index (χ1v) is 3.81. The summed E-state index contributed by atoms with van der Waals surface area (Å²) in [4.78, 5) is 21.4. The molecule has 6 nitrogen and oxygen atoms in total. The van der Waals surface area contributed by atoms with Gasteiger partial charge in [-0.2, -0.15) is 0 Å². The Balaban J connectivity index is 4.61. The molecule has 0 saturated heterocycles. The van der Waals surface area contributed by atoms with Crippen LogP contribution in [0.15, 0.2) is 0 Å². The minimum atomic E-state index is -2.24. The van der Waals surface area contributed by atoms with Crippen LogP contribution in [0.4, 0.5) is 0 Å². The topological polar surface area (TPSA) is 113 Å². The van der Waals surface area contributed by atoms with Crippen molar-refractivity contribution in [3.63, 3.8) is 0 Å². The quantitative estimate of drug-likeness (QED) is 0.402. The van der Waals surface area contributed by atoms with Crippen LogP contribution in [-0.4, -0.2) is 34.4 Å². The second-order valence-corrected chi connectivity index (χ2v) is 2.98. The van der Waals surface area contributed by atoms with E-state index in [1.54, 1.807) is 0 Å². The molecule has 0 fully saturated rings. The Morgan fingerprint density at radius 1 is 1.54 bits per heavy atom. The van der Waals surface area contributed by atoms with Crippen molar-refractivity contribution in [3.05, 3.63) is 0 Å². The number of aliphatic carboxylic acids is 1. The second kappa shape index (κ2) is 4.20. The molecule has 0 spiro atoms. The monoisotopic (exact) mass is 190 g/mol. The van der Waals surface area contributed by atoms with Gasteiger partial charge in [-0.3, -0.25) is 4.79 Å². The first-order chi connectivity index (χ1) is 5.84. The van der Waals surface area contributed by atoms with Crippen LogP contribution >= 0.6 is 0 Å². The van der Waals surface area contributed by atoms with Crippen LogP contribution in [0.5, 0.6) is 0 Å². The van der Waals surface area contributed by atoms with Gasteiger partial charge in [-0.15, -0.1) is 0 Å². The molecule has 0 unspecified atom stereocenters. The number of amides is 1. The van der Waals surface area contributed by atoms with Crippen LogP contribution in [0.2, 0.25) is 0 Å². The number of hydrogen-bond acceptors (Lipinski definition) is 4. The van der Waals surface area contributed by atoms with Crippen molar-refractivity contribution in [1.29, 1.82) is 0 Å². The highest BCUT2D eigenvalue weighted by Crippen LogP contribution is 2.13. The van der Waals surface area contributed by atoms with Crippen molar-refractivity contribution in [2.75, 3.05) is 6.54 Å². The largest absolute Gasteiger partial charge is 0.478 e. The molecule has 0 rings (SSSR count). The average Bonchev–Trinajstić information content (AvgIpc) is 2.03. The number of carboxylic acids is 1. The Morgan fingerprint density at radius 3 is 2.23 bits per heavy atom. The number of aliphatic hydroxyl groups is 1. The molecule has 76 valence electrons. The van der Waals surface area contributed by atoms with Crippen molar-refractivity contribution >= 4 is 11.9 Å². The van der Waals surface area contributed by atoms with Crippen LogP contribution < -0.4 is 11.1 Å². The summed E-state index contributed by atoms with van der Waals surface area (Å²) in [5.41, 5.74) is 2.72. The minimum Gasteiger partial charge on any atom is -0.478 e. The summed E-state index contributed by atoms with van der Waals surface area (Å²) in [5, 5.41) is 20.1. The minimum absolute atomic E-state index is 0.359. The lowest BCUT2D eigenvalue weighted by atomic mass is 10.00. The normalized spacial score (nSPS) is 15.2. The van der Waals surface area contributed by atoms with Crippen LogP contribution in [0.1, 0.15) is 13.8 Å². The Morgan fingerprint density at radius 2 is 2.00 bits per heavy atom. The molecule has 0 aliphatic heterocycles. The molecule has 1 atom stereocenters. The highest BCUT2D eigenvalue weighted by atomic mass is 16.4. The predicted octanol–water partition coefficient (Wildman–Crippen LogP) is -1.51. The van der Waals surface area contributed by atoms with E-state index in [0.29, 0.717) is 0 Å².